The summed E-state index contributed by atoms with van der Waals surface area (Å²) in [6.07, 6.45) is 1.95. The average molecular weight is 415 g/mol. The van der Waals surface area contributed by atoms with Crippen LogP contribution in [0.4, 0.5) is 0 Å². The van der Waals surface area contributed by atoms with Gasteiger partial charge in [0.25, 0.3) is 0 Å². The Balaban J connectivity index is 1.55. The molecule has 4 N–H and O–H groups in total. The topological polar surface area (TPSA) is 108 Å². The van der Waals surface area contributed by atoms with Gasteiger partial charge in [-0.1, -0.05) is 12.1 Å². The third-order valence-corrected chi connectivity index (χ3v) is 5.33. The number of rotatable bonds is 9. The van der Waals surface area contributed by atoms with Gasteiger partial charge >= 0.3 is 5.97 Å². The van der Waals surface area contributed by atoms with Crippen LogP contribution in [0, 0.1) is 0 Å². The number of aliphatic hydroxyl groups is 2. The standard InChI is InChI=1S/C23H29NO6/c1-2-29-23(28)14-30-20-7-4-15-3-6-19(10-17(15)11-20)24-12-22(27)16-5-8-21(26)18(9-16)13-25/h4-5,7-9,11,19,22,24-27H,2-3,6,10,12-14H2,1H3. The highest BCUT2D eigenvalue weighted by atomic mass is 16.6. The molecule has 0 spiro atoms. The number of hydrogen-bond donors (Lipinski definition) is 4. The molecule has 2 unspecified atom stereocenters. The zero-order chi connectivity index (χ0) is 21.5. The molecule has 2 aromatic carbocycles. The summed E-state index contributed by atoms with van der Waals surface area (Å²) in [6, 6.07) is 10.8. The summed E-state index contributed by atoms with van der Waals surface area (Å²) < 4.78 is 10.4. The lowest BCUT2D eigenvalue weighted by molar-refractivity contribution is -0.145. The van der Waals surface area contributed by atoms with Crippen molar-refractivity contribution in [2.24, 2.45) is 0 Å². The molecule has 2 aromatic rings. The van der Waals surface area contributed by atoms with Crippen LogP contribution in [0.3, 0.4) is 0 Å². The smallest absolute Gasteiger partial charge is 0.344 e. The number of ether oxygens (including phenoxy) is 2. The number of carbonyl (C=O) groups is 1. The summed E-state index contributed by atoms with van der Waals surface area (Å²) in [5, 5.41) is 32.8. The first kappa shape index (κ1) is 22.1. The van der Waals surface area contributed by atoms with Crippen molar-refractivity contribution in [2.45, 2.75) is 44.9 Å². The minimum absolute atomic E-state index is 0.0197. The van der Waals surface area contributed by atoms with E-state index in [1.54, 1.807) is 19.1 Å². The quantitative estimate of drug-likeness (QED) is 0.464. The second-order valence-corrected chi connectivity index (χ2v) is 7.43. The van der Waals surface area contributed by atoms with Gasteiger partial charge in [0.05, 0.1) is 19.3 Å². The van der Waals surface area contributed by atoms with Gasteiger partial charge in [0.15, 0.2) is 6.61 Å². The monoisotopic (exact) mass is 415 g/mol. The Bertz CT molecular complexity index is 869. The van der Waals surface area contributed by atoms with E-state index in [1.165, 1.54) is 17.2 Å². The summed E-state index contributed by atoms with van der Waals surface area (Å²) in [4.78, 5) is 11.5. The lowest BCUT2D eigenvalue weighted by Gasteiger charge is -2.27. The van der Waals surface area contributed by atoms with E-state index in [4.69, 9.17) is 9.47 Å². The molecule has 1 aliphatic carbocycles. The summed E-state index contributed by atoms with van der Waals surface area (Å²) in [5.41, 5.74) is 3.48. The molecule has 30 heavy (non-hydrogen) atoms. The second kappa shape index (κ2) is 10.4. The van der Waals surface area contributed by atoms with Crippen molar-refractivity contribution >= 4 is 5.97 Å². The normalized spacial score (nSPS) is 16.6. The highest BCUT2D eigenvalue weighted by Crippen LogP contribution is 2.27. The molecule has 0 fully saturated rings. The van der Waals surface area contributed by atoms with Crippen LogP contribution >= 0.6 is 0 Å². The Kier molecular flexibility index (Phi) is 7.68. The predicted molar refractivity (Wildman–Crippen MR) is 111 cm³/mol. The number of phenols is 1. The largest absolute Gasteiger partial charge is 0.508 e. The molecule has 162 valence electrons. The van der Waals surface area contributed by atoms with Gasteiger partial charge < -0.3 is 30.1 Å². The fraction of sp³-hybridized carbons (Fsp3) is 0.435. The molecule has 0 amide bonds. The molecule has 0 radical (unpaired) electrons. The maximum absolute atomic E-state index is 11.5. The first-order valence-electron chi connectivity index (χ1n) is 10.2. The number of aryl methyl sites for hydroxylation is 1. The third-order valence-electron chi connectivity index (χ3n) is 5.33. The van der Waals surface area contributed by atoms with Gasteiger partial charge in [0.1, 0.15) is 11.5 Å². The Morgan fingerprint density at radius 2 is 2.07 bits per heavy atom. The number of aliphatic hydroxyl groups excluding tert-OH is 2. The van der Waals surface area contributed by atoms with Crippen molar-refractivity contribution in [3.8, 4) is 11.5 Å². The molecule has 7 nitrogen and oxygen atoms in total. The molecule has 2 atom stereocenters. The summed E-state index contributed by atoms with van der Waals surface area (Å²) >= 11 is 0. The number of aromatic hydroxyl groups is 1. The van der Waals surface area contributed by atoms with Crippen LogP contribution < -0.4 is 10.1 Å². The number of benzene rings is 2. The van der Waals surface area contributed by atoms with Crippen LogP contribution in [0.15, 0.2) is 36.4 Å². The van der Waals surface area contributed by atoms with Gasteiger partial charge in [0, 0.05) is 18.2 Å². The van der Waals surface area contributed by atoms with Gasteiger partial charge in [-0.25, -0.2) is 4.79 Å². The molecule has 0 aliphatic heterocycles. The molecule has 0 heterocycles. The Morgan fingerprint density at radius 3 is 2.83 bits per heavy atom. The molecular formula is C23H29NO6. The lowest BCUT2D eigenvalue weighted by atomic mass is 9.88. The average Bonchev–Trinajstić information content (AvgIpc) is 2.76. The molecule has 0 aromatic heterocycles. The summed E-state index contributed by atoms with van der Waals surface area (Å²) in [5.74, 6) is 0.275. The summed E-state index contributed by atoms with van der Waals surface area (Å²) in [6.45, 7) is 2.07. The number of nitrogens with one attached hydrogen (secondary N) is 1. The number of esters is 1. The van der Waals surface area contributed by atoms with Gasteiger partial charge in [-0.3, -0.25) is 0 Å². The number of fused-ring (bicyclic) bond motifs is 1. The van der Waals surface area contributed by atoms with E-state index in [1.807, 2.05) is 18.2 Å². The molecule has 0 saturated carbocycles. The van der Waals surface area contributed by atoms with Crippen LogP contribution in [-0.2, 0) is 29.0 Å². The van der Waals surface area contributed by atoms with E-state index in [0.717, 1.165) is 19.3 Å². The van der Waals surface area contributed by atoms with Crippen molar-refractivity contribution in [1.82, 2.24) is 5.32 Å². The van der Waals surface area contributed by atoms with E-state index in [9.17, 15) is 20.1 Å². The van der Waals surface area contributed by atoms with Crippen LogP contribution in [0.25, 0.3) is 0 Å². The van der Waals surface area contributed by atoms with E-state index < -0.39 is 6.10 Å². The van der Waals surface area contributed by atoms with Gasteiger partial charge in [-0.2, -0.15) is 0 Å². The number of hydrogen-bond acceptors (Lipinski definition) is 7. The first-order chi connectivity index (χ1) is 14.5. The highest BCUT2D eigenvalue weighted by molar-refractivity contribution is 5.71. The van der Waals surface area contributed by atoms with Crippen molar-refractivity contribution in [3.63, 3.8) is 0 Å². The SMILES string of the molecule is CCOC(=O)COc1ccc2c(c1)CC(NCC(O)c1ccc(O)c(CO)c1)CC2. The van der Waals surface area contributed by atoms with Crippen LogP contribution in [0.2, 0.25) is 0 Å². The Morgan fingerprint density at radius 1 is 1.23 bits per heavy atom. The van der Waals surface area contributed by atoms with E-state index in [0.29, 0.717) is 30.0 Å². The van der Waals surface area contributed by atoms with Crippen molar-refractivity contribution < 1.29 is 29.6 Å². The minimum atomic E-state index is -0.739. The fourth-order valence-corrected chi connectivity index (χ4v) is 3.68. The molecule has 1 aliphatic rings. The molecule has 0 saturated heterocycles. The highest BCUT2D eigenvalue weighted by Gasteiger charge is 2.20. The van der Waals surface area contributed by atoms with Gasteiger partial charge in [0.2, 0.25) is 0 Å². The minimum Gasteiger partial charge on any atom is -0.508 e. The predicted octanol–water partition coefficient (Wildman–Crippen LogP) is 2.01. The maximum Gasteiger partial charge on any atom is 0.344 e. The molecule has 3 rings (SSSR count). The van der Waals surface area contributed by atoms with Crippen LogP contribution in [0.1, 0.15) is 41.7 Å². The van der Waals surface area contributed by atoms with Crippen LogP contribution in [-0.4, -0.2) is 47.1 Å². The zero-order valence-corrected chi connectivity index (χ0v) is 17.1. The summed E-state index contributed by atoms with van der Waals surface area (Å²) in [7, 11) is 0. The zero-order valence-electron chi connectivity index (χ0n) is 17.1. The molecular weight excluding hydrogens is 386 g/mol. The second-order valence-electron chi connectivity index (χ2n) is 7.43. The maximum atomic E-state index is 11.5. The number of carbonyl (C=O) groups excluding carboxylic acids is 1. The molecule has 0 bridgehead atoms. The third kappa shape index (κ3) is 5.72. The van der Waals surface area contributed by atoms with Crippen molar-refractivity contribution in [1.29, 1.82) is 0 Å². The van der Waals surface area contributed by atoms with E-state index in [2.05, 4.69) is 5.32 Å². The first-order valence-corrected chi connectivity index (χ1v) is 10.2. The fourth-order valence-electron chi connectivity index (χ4n) is 3.68. The van der Waals surface area contributed by atoms with Gasteiger partial charge in [-0.15, -0.1) is 0 Å². The van der Waals surface area contributed by atoms with E-state index >= 15 is 0 Å². The van der Waals surface area contributed by atoms with Crippen molar-refractivity contribution in [2.75, 3.05) is 19.8 Å². The van der Waals surface area contributed by atoms with Crippen molar-refractivity contribution in [3.05, 3.63) is 58.7 Å². The van der Waals surface area contributed by atoms with Gasteiger partial charge in [-0.05, 0) is 67.1 Å². The molecule has 7 heteroatoms. The van der Waals surface area contributed by atoms with Crippen LogP contribution in [0.5, 0.6) is 11.5 Å². The van der Waals surface area contributed by atoms with E-state index in [-0.39, 0.29) is 31.0 Å². The Labute approximate surface area is 176 Å². The Hall–Kier alpha value is -2.61. The lowest BCUT2D eigenvalue weighted by Crippen LogP contribution is -2.37.